The zero-order valence-electron chi connectivity index (χ0n) is 13.0. The van der Waals surface area contributed by atoms with Crippen LogP contribution in [0.5, 0.6) is 0 Å². The van der Waals surface area contributed by atoms with E-state index in [0.717, 1.165) is 17.7 Å². The molecule has 0 spiro atoms. The number of nitrogens with zero attached hydrogens (tertiary/aromatic N) is 1. The van der Waals surface area contributed by atoms with E-state index >= 15 is 0 Å². The largest absolute Gasteiger partial charge is 0.464 e. The number of unbranched alkanes of at least 4 members (excludes halogenated alkanes) is 1. The van der Waals surface area contributed by atoms with Gasteiger partial charge in [-0.3, -0.25) is 14.5 Å². The average molecular weight is 328 g/mol. The first-order chi connectivity index (χ1) is 10.5. The lowest BCUT2D eigenvalue weighted by molar-refractivity contribution is -0.159. The van der Waals surface area contributed by atoms with E-state index < -0.39 is 17.9 Å². The van der Waals surface area contributed by atoms with Gasteiger partial charge >= 0.3 is 5.97 Å². The van der Waals surface area contributed by atoms with Crippen LogP contribution in [0.2, 0.25) is 0 Å². The fourth-order valence-corrected chi connectivity index (χ4v) is 3.40. The van der Waals surface area contributed by atoms with Gasteiger partial charge in [-0.1, -0.05) is 37.4 Å². The van der Waals surface area contributed by atoms with Gasteiger partial charge < -0.3 is 4.74 Å². The Labute approximate surface area is 135 Å². The van der Waals surface area contributed by atoms with Crippen LogP contribution >= 0.6 is 11.6 Å². The van der Waals surface area contributed by atoms with Gasteiger partial charge in [-0.25, -0.2) is 4.79 Å². The van der Waals surface area contributed by atoms with E-state index in [1.165, 1.54) is 0 Å². The van der Waals surface area contributed by atoms with E-state index in [2.05, 4.69) is 0 Å². The number of amides is 2. The van der Waals surface area contributed by atoms with E-state index in [9.17, 15) is 14.4 Å². The molecule has 5 nitrogen and oxygen atoms in total. The average Bonchev–Trinajstić information content (AvgIpc) is 2.72. The quantitative estimate of drug-likeness (QED) is 0.555. The van der Waals surface area contributed by atoms with Crippen molar-refractivity contribution in [2.75, 3.05) is 6.61 Å². The van der Waals surface area contributed by atoms with Gasteiger partial charge in [0.15, 0.2) is 0 Å². The Morgan fingerprint density at radius 2 is 2.05 bits per heavy atom. The van der Waals surface area contributed by atoms with E-state index in [-0.39, 0.29) is 24.3 Å². The third kappa shape index (κ3) is 3.19. The number of fused-ring (bicyclic) bond motifs is 1. The molecule has 1 aliphatic carbocycles. The van der Waals surface area contributed by atoms with Gasteiger partial charge in [0, 0.05) is 5.03 Å². The summed E-state index contributed by atoms with van der Waals surface area (Å²) >= 11 is 6.01. The number of likely N-dealkylation sites (tertiary alicyclic amines) is 1. The highest BCUT2D eigenvalue weighted by Crippen LogP contribution is 2.40. The summed E-state index contributed by atoms with van der Waals surface area (Å²) in [6.07, 6.45) is 4.74. The van der Waals surface area contributed by atoms with Crippen molar-refractivity contribution >= 4 is 29.4 Å². The first-order valence-electron chi connectivity index (χ1n) is 7.89. The molecule has 0 N–H and O–H groups in total. The lowest BCUT2D eigenvalue weighted by Gasteiger charge is -2.24. The molecular formula is C16H22ClNO4. The molecule has 2 aliphatic rings. The predicted molar refractivity (Wildman–Crippen MR) is 81.9 cm³/mol. The van der Waals surface area contributed by atoms with E-state index in [1.807, 2.05) is 6.92 Å². The van der Waals surface area contributed by atoms with E-state index in [0.29, 0.717) is 24.3 Å². The second-order valence-electron chi connectivity index (χ2n) is 5.76. The van der Waals surface area contributed by atoms with E-state index in [1.54, 1.807) is 13.0 Å². The van der Waals surface area contributed by atoms with Gasteiger partial charge in [0.05, 0.1) is 18.4 Å². The smallest absolute Gasteiger partial charge is 0.329 e. The first-order valence-corrected chi connectivity index (χ1v) is 8.27. The Morgan fingerprint density at radius 3 is 2.68 bits per heavy atom. The summed E-state index contributed by atoms with van der Waals surface area (Å²) in [5.41, 5.74) is 0. The minimum absolute atomic E-state index is 0.234. The van der Waals surface area contributed by atoms with Crippen molar-refractivity contribution in [2.24, 2.45) is 11.8 Å². The van der Waals surface area contributed by atoms with Crippen LogP contribution in [0.1, 0.15) is 46.0 Å². The molecule has 122 valence electrons. The molecular weight excluding hydrogens is 306 g/mol. The lowest BCUT2D eigenvalue weighted by Crippen LogP contribution is -2.46. The summed E-state index contributed by atoms with van der Waals surface area (Å²) in [5.74, 6) is -1.84. The highest BCUT2D eigenvalue weighted by Gasteiger charge is 2.52. The molecule has 0 aromatic rings. The number of carbonyl (C=O) groups excluding carboxylic acids is 3. The molecule has 0 radical (unpaired) electrons. The molecule has 6 heteroatoms. The fraction of sp³-hybridized carbons (Fsp3) is 0.688. The third-order valence-corrected chi connectivity index (χ3v) is 4.61. The van der Waals surface area contributed by atoms with Gasteiger partial charge in [-0.05, 0) is 26.2 Å². The van der Waals surface area contributed by atoms with Crippen LogP contribution in [-0.4, -0.2) is 35.3 Å². The van der Waals surface area contributed by atoms with Crippen molar-refractivity contribution in [3.05, 3.63) is 11.1 Å². The molecule has 2 amide bonds. The summed E-state index contributed by atoms with van der Waals surface area (Å²) in [4.78, 5) is 38.6. The van der Waals surface area contributed by atoms with Crippen molar-refractivity contribution < 1.29 is 19.1 Å². The minimum Gasteiger partial charge on any atom is -0.464 e. The van der Waals surface area contributed by atoms with Crippen LogP contribution in [0, 0.1) is 11.8 Å². The Hall–Kier alpha value is -1.36. The van der Waals surface area contributed by atoms with Crippen molar-refractivity contribution in [3.63, 3.8) is 0 Å². The first kappa shape index (κ1) is 17.0. The van der Waals surface area contributed by atoms with Crippen LogP contribution in [0.15, 0.2) is 11.1 Å². The number of allylic oxidation sites excluding steroid dienone is 2. The summed E-state index contributed by atoms with van der Waals surface area (Å²) in [5, 5.41) is 0.616. The minimum atomic E-state index is -0.802. The highest BCUT2D eigenvalue weighted by atomic mass is 35.5. The van der Waals surface area contributed by atoms with E-state index in [4.69, 9.17) is 16.3 Å². The lowest BCUT2D eigenvalue weighted by atomic mass is 9.85. The number of hydrogen-bond acceptors (Lipinski definition) is 4. The SMILES string of the molecule is CCCCC(C(=O)OCC)N1C(=O)C2CC=C(Cl)CC2C1=O. The number of rotatable bonds is 6. The molecule has 3 unspecified atom stereocenters. The topological polar surface area (TPSA) is 63.7 Å². The van der Waals surface area contributed by atoms with Gasteiger partial charge in [0.1, 0.15) is 6.04 Å². The van der Waals surface area contributed by atoms with Crippen LogP contribution in [-0.2, 0) is 19.1 Å². The number of hydrogen-bond donors (Lipinski definition) is 0. The normalized spacial score (nSPS) is 25.8. The molecule has 3 atom stereocenters. The number of ether oxygens (including phenoxy) is 1. The zero-order chi connectivity index (χ0) is 16.3. The van der Waals surface area contributed by atoms with Crippen LogP contribution in [0.4, 0.5) is 0 Å². The zero-order valence-corrected chi connectivity index (χ0v) is 13.8. The maximum Gasteiger partial charge on any atom is 0.329 e. The molecule has 0 bridgehead atoms. The Kier molecular flexibility index (Phi) is 5.62. The monoisotopic (exact) mass is 327 g/mol. The summed E-state index contributed by atoms with van der Waals surface area (Å²) in [6, 6.07) is -0.802. The van der Waals surface area contributed by atoms with Gasteiger partial charge in [-0.2, -0.15) is 0 Å². The summed E-state index contributed by atoms with van der Waals surface area (Å²) < 4.78 is 5.06. The van der Waals surface area contributed by atoms with Crippen LogP contribution < -0.4 is 0 Å². The Bertz CT molecular complexity index is 502. The Balaban J connectivity index is 2.22. The van der Waals surface area contributed by atoms with Crippen LogP contribution in [0.25, 0.3) is 0 Å². The molecule has 0 aromatic heterocycles. The summed E-state index contributed by atoms with van der Waals surface area (Å²) in [7, 11) is 0. The van der Waals surface area contributed by atoms with Crippen molar-refractivity contribution in [3.8, 4) is 0 Å². The maximum absolute atomic E-state index is 12.6. The maximum atomic E-state index is 12.6. The molecule has 1 saturated heterocycles. The molecule has 2 rings (SSSR count). The van der Waals surface area contributed by atoms with Crippen molar-refractivity contribution in [1.82, 2.24) is 4.90 Å². The molecule has 1 heterocycles. The fourth-order valence-electron chi connectivity index (χ4n) is 3.15. The molecule has 1 aliphatic heterocycles. The Morgan fingerprint density at radius 1 is 1.36 bits per heavy atom. The molecule has 22 heavy (non-hydrogen) atoms. The predicted octanol–water partition coefficient (Wildman–Crippen LogP) is 2.63. The second kappa shape index (κ2) is 7.27. The molecule has 1 fully saturated rings. The molecule has 0 saturated carbocycles. The van der Waals surface area contributed by atoms with Gasteiger partial charge in [0.25, 0.3) is 0 Å². The number of esters is 1. The number of carbonyl (C=O) groups is 3. The van der Waals surface area contributed by atoms with Gasteiger partial charge in [0.2, 0.25) is 11.8 Å². The second-order valence-corrected chi connectivity index (χ2v) is 6.25. The highest BCUT2D eigenvalue weighted by molar-refractivity contribution is 6.30. The third-order valence-electron chi connectivity index (χ3n) is 4.30. The standard InChI is InChI=1S/C16H22ClNO4/c1-3-5-6-13(16(21)22-4-2)18-14(19)11-8-7-10(17)9-12(11)15(18)20/h7,11-13H,3-6,8-9H2,1-2H3. The number of halogens is 1. The number of imide groups is 1. The van der Waals surface area contributed by atoms with Crippen molar-refractivity contribution in [1.29, 1.82) is 0 Å². The summed E-state index contributed by atoms with van der Waals surface area (Å²) in [6.45, 7) is 3.95. The molecule has 0 aromatic carbocycles. The van der Waals surface area contributed by atoms with Crippen LogP contribution in [0.3, 0.4) is 0 Å². The van der Waals surface area contributed by atoms with Gasteiger partial charge in [-0.15, -0.1) is 0 Å². The van der Waals surface area contributed by atoms with Crippen molar-refractivity contribution in [2.45, 2.75) is 52.0 Å².